The number of ether oxygens (including phenoxy) is 1. The van der Waals surface area contributed by atoms with Crippen molar-refractivity contribution in [1.82, 2.24) is 10.2 Å². The first-order valence-electron chi connectivity index (χ1n) is 8.04. The number of piperidine rings is 1. The van der Waals surface area contributed by atoms with Gasteiger partial charge in [0.1, 0.15) is 11.8 Å². The monoisotopic (exact) mass is 352 g/mol. The Hall–Kier alpha value is -1.79. The predicted octanol–water partition coefficient (Wildman–Crippen LogP) is 2.02. The molecule has 0 bridgehead atoms. The van der Waals surface area contributed by atoms with Crippen LogP contribution in [0.2, 0.25) is 5.02 Å². The number of rotatable bonds is 3. The second-order valence-corrected chi connectivity index (χ2v) is 7.02. The van der Waals surface area contributed by atoms with Gasteiger partial charge in [0, 0.05) is 11.6 Å². The third-order valence-corrected chi connectivity index (χ3v) is 5.35. The maximum atomic E-state index is 13.0. The molecule has 0 aliphatic carbocycles. The highest BCUT2D eigenvalue weighted by Crippen LogP contribution is 2.43. The molecular formula is C17H21ClN2O4. The molecule has 1 spiro atoms. The molecule has 2 saturated heterocycles. The number of likely N-dealkylation sites (tertiary alicyclic amines) is 1. The van der Waals surface area contributed by atoms with E-state index in [1.807, 2.05) is 0 Å². The summed E-state index contributed by atoms with van der Waals surface area (Å²) < 4.78 is 5.25. The molecule has 24 heavy (non-hydrogen) atoms. The number of carbonyl (C=O) groups excluding carboxylic acids is 1. The van der Waals surface area contributed by atoms with Crippen molar-refractivity contribution in [3.63, 3.8) is 0 Å². The van der Waals surface area contributed by atoms with Crippen molar-refractivity contribution in [3.05, 3.63) is 28.8 Å². The van der Waals surface area contributed by atoms with Crippen molar-refractivity contribution < 1.29 is 19.4 Å². The molecule has 1 unspecified atom stereocenters. The van der Waals surface area contributed by atoms with Gasteiger partial charge in [-0.1, -0.05) is 11.6 Å². The Kier molecular flexibility index (Phi) is 4.69. The Morgan fingerprint density at radius 1 is 1.38 bits per heavy atom. The molecule has 6 nitrogen and oxygen atoms in total. The fraction of sp³-hybridized carbons (Fsp3) is 0.529. The van der Waals surface area contributed by atoms with Gasteiger partial charge in [0.05, 0.1) is 12.7 Å². The van der Waals surface area contributed by atoms with Gasteiger partial charge in [-0.15, -0.1) is 0 Å². The minimum absolute atomic E-state index is 0.108. The average Bonchev–Trinajstić information content (AvgIpc) is 2.94. The molecule has 1 aromatic carbocycles. The molecule has 2 aliphatic rings. The number of benzene rings is 1. The number of nitrogens with zero attached hydrogens (tertiary/aromatic N) is 1. The van der Waals surface area contributed by atoms with Crippen molar-refractivity contribution >= 4 is 23.5 Å². The lowest BCUT2D eigenvalue weighted by molar-refractivity contribution is -0.141. The molecule has 2 aliphatic heterocycles. The first kappa shape index (κ1) is 17.0. The highest BCUT2D eigenvalue weighted by atomic mass is 35.5. The van der Waals surface area contributed by atoms with E-state index in [0.717, 1.165) is 25.9 Å². The third-order valence-electron chi connectivity index (χ3n) is 5.11. The summed E-state index contributed by atoms with van der Waals surface area (Å²) in [4.78, 5) is 26.2. The van der Waals surface area contributed by atoms with Crippen LogP contribution in [0.15, 0.2) is 18.2 Å². The van der Waals surface area contributed by atoms with Gasteiger partial charge in [-0.3, -0.25) is 4.79 Å². The van der Waals surface area contributed by atoms with Crippen LogP contribution >= 0.6 is 11.6 Å². The van der Waals surface area contributed by atoms with Crippen LogP contribution in [0.4, 0.5) is 0 Å². The Morgan fingerprint density at radius 3 is 2.71 bits per heavy atom. The number of hydrogen-bond acceptors (Lipinski definition) is 4. The molecule has 1 aromatic rings. The standard InChI is InChI=1S/C17H21ClN2O4/c1-24-14-8-11(18)2-3-12(14)15(21)20-10-17(4-6-19-7-5-17)9-13(20)16(22)23/h2-3,8,13,19H,4-7,9-10H2,1H3,(H,22,23). The van der Waals surface area contributed by atoms with Crippen LogP contribution in [0, 0.1) is 5.41 Å². The zero-order chi connectivity index (χ0) is 17.3. The molecule has 1 amide bonds. The molecule has 7 heteroatoms. The van der Waals surface area contributed by atoms with E-state index < -0.39 is 12.0 Å². The lowest BCUT2D eigenvalue weighted by Gasteiger charge is -2.33. The lowest BCUT2D eigenvalue weighted by Crippen LogP contribution is -2.42. The second kappa shape index (κ2) is 6.61. The number of nitrogens with one attached hydrogen (secondary N) is 1. The maximum absolute atomic E-state index is 13.0. The van der Waals surface area contributed by atoms with Crippen LogP contribution in [-0.2, 0) is 4.79 Å². The summed E-state index contributed by atoms with van der Waals surface area (Å²) >= 11 is 5.95. The van der Waals surface area contributed by atoms with Crippen molar-refractivity contribution in [2.45, 2.75) is 25.3 Å². The van der Waals surface area contributed by atoms with Gasteiger partial charge >= 0.3 is 5.97 Å². The molecule has 0 aromatic heterocycles. The Labute approximate surface area is 145 Å². The fourth-order valence-electron chi connectivity index (χ4n) is 3.81. The van der Waals surface area contributed by atoms with E-state index in [1.54, 1.807) is 18.2 Å². The van der Waals surface area contributed by atoms with E-state index in [1.165, 1.54) is 12.0 Å². The molecule has 3 rings (SSSR count). The molecular weight excluding hydrogens is 332 g/mol. The summed E-state index contributed by atoms with van der Waals surface area (Å²) in [6.45, 7) is 2.19. The average molecular weight is 353 g/mol. The van der Waals surface area contributed by atoms with E-state index >= 15 is 0 Å². The first-order chi connectivity index (χ1) is 11.5. The van der Waals surface area contributed by atoms with Gasteiger partial charge in [0.15, 0.2) is 0 Å². The van der Waals surface area contributed by atoms with Crippen LogP contribution in [0.5, 0.6) is 5.75 Å². The molecule has 0 saturated carbocycles. The zero-order valence-corrected chi connectivity index (χ0v) is 14.3. The third kappa shape index (κ3) is 3.08. The van der Waals surface area contributed by atoms with Crippen molar-refractivity contribution in [2.24, 2.45) is 5.41 Å². The Bertz CT molecular complexity index is 658. The van der Waals surface area contributed by atoms with Gasteiger partial charge in [0.25, 0.3) is 5.91 Å². The zero-order valence-electron chi connectivity index (χ0n) is 13.5. The van der Waals surface area contributed by atoms with E-state index in [0.29, 0.717) is 29.3 Å². The van der Waals surface area contributed by atoms with E-state index in [4.69, 9.17) is 16.3 Å². The molecule has 1 atom stereocenters. The fourth-order valence-corrected chi connectivity index (χ4v) is 3.97. The Morgan fingerprint density at radius 2 is 2.08 bits per heavy atom. The summed E-state index contributed by atoms with van der Waals surface area (Å²) in [5, 5.41) is 13.4. The van der Waals surface area contributed by atoms with Crippen LogP contribution in [0.25, 0.3) is 0 Å². The highest BCUT2D eigenvalue weighted by Gasteiger charge is 2.49. The Balaban J connectivity index is 1.91. The number of methoxy groups -OCH3 is 1. The first-order valence-corrected chi connectivity index (χ1v) is 8.42. The van der Waals surface area contributed by atoms with Gasteiger partial charge in [-0.25, -0.2) is 4.79 Å². The number of halogens is 1. The summed E-state index contributed by atoms with van der Waals surface area (Å²) in [6.07, 6.45) is 2.28. The number of aliphatic carboxylic acids is 1. The number of carboxylic acid groups (broad SMARTS) is 1. The predicted molar refractivity (Wildman–Crippen MR) is 89.6 cm³/mol. The summed E-state index contributed by atoms with van der Waals surface area (Å²) in [7, 11) is 1.47. The van der Waals surface area contributed by atoms with Gasteiger partial charge in [-0.2, -0.15) is 0 Å². The smallest absolute Gasteiger partial charge is 0.326 e. The van der Waals surface area contributed by atoms with Gasteiger partial charge < -0.3 is 20.1 Å². The molecule has 2 N–H and O–H groups in total. The summed E-state index contributed by atoms with van der Waals surface area (Å²) in [6, 6.07) is 3.98. The topological polar surface area (TPSA) is 78.9 Å². The SMILES string of the molecule is COc1cc(Cl)ccc1C(=O)N1CC2(CCNCC2)CC1C(=O)O. The summed E-state index contributed by atoms with van der Waals surface area (Å²) in [5.74, 6) is -0.902. The summed E-state index contributed by atoms with van der Waals surface area (Å²) in [5.41, 5.74) is 0.239. The van der Waals surface area contributed by atoms with Crippen molar-refractivity contribution in [3.8, 4) is 5.75 Å². The van der Waals surface area contributed by atoms with E-state index in [-0.39, 0.29) is 11.3 Å². The van der Waals surface area contributed by atoms with Crippen molar-refractivity contribution in [1.29, 1.82) is 0 Å². The normalized spacial score (nSPS) is 22.6. The molecule has 130 valence electrons. The number of carbonyl (C=O) groups is 2. The highest BCUT2D eigenvalue weighted by molar-refractivity contribution is 6.30. The second-order valence-electron chi connectivity index (χ2n) is 6.59. The minimum atomic E-state index is -0.952. The van der Waals surface area contributed by atoms with Crippen LogP contribution in [0.3, 0.4) is 0 Å². The molecule has 2 fully saturated rings. The lowest BCUT2D eigenvalue weighted by atomic mass is 9.77. The van der Waals surface area contributed by atoms with E-state index in [2.05, 4.69) is 5.32 Å². The van der Waals surface area contributed by atoms with E-state index in [9.17, 15) is 14.7 Å². The number of amides is 1. The quantitative estimate of drug-likeness (QED) is 0.870. The largest absolute Gasteiger partial charge is 0.496 e. The minimum Gasteiger partial charge on any atom is -0.496 e. The van der Waals surface area contributed by atoms with Gasteiger partial charge in [-0.05, 0) is 56.0 Å². The van der Waals surface area contributed by atoms with Crippen LogP contribution < -0.4 is 10.1 Å². The maximum Gasteiger partial charge on any atom is 0.326 e. The molecule has 0 radical (unpaired) electrons. The number of hydrogen-bond donors (Lipinski definition) is 2. The van der Waals surface area contributed by atoms with Gasteiger partial charge in [0.2, 0.25) is 0 Å². The van der Waals surface area contributed by atoms with Crippen molar-refractivity contribution in [2.75, 3.05) is 26.7 Å². The van der Waals surface area contributed by atoms with Crippen LogP contribution in [-0.4, -0.2) is 54.7 Å². The number of carboxylic acids is 1. The molecule has 2 heterocycles. The van der Waals surface area contributed by atoms with Crippen LogP contribution in [0.1, 0.15) is 29.6 Å².